The summed E-state index contributed by atoms with van der Waals surface area (Å²) in [7, 11) is 0. The predicted molar refractivity (Wildman–Crippen MR) is 78.3 cm³/mol. The van der Waals surface area contributed by atoms with E-state index < -0.39 is 0 Å². The molecule has 1 unspecified atom stereocenters. The maximum absolute atomic E-state index is 11.9. The molecule has 0 aliphatic carbocycles. The Morgan fingerprint density at radius 1 is 1.53 bits per heavy atom. The van der Waals surface area contributed by atoms with E-state index in [1.54, 1.807) is 12.4 Å². The summed E-state index contributed by atoms with van der Waals surface area (Å²) in [6, 6.07) is 3.92. The quantitative estimate of drug-likeness (QED) is 0.889. The molecule has 2 rings (SSSR count). The fraction of sp³-hybridized carbons (Fsp3) is 0.571. The van der Waals surface area contributed by atoms with Crippen LogP contribution in [0.25, 0.3) is 0 Å². The summed E-state index contributed by atoms with van der Waals surface area (Å²) in [5.74, 6) is 0.686. The number of pyridine rings is 1. The summed E-state index contributed by atoms with van der Waals surface area (Å²) in [6.45, 7) is 4.07. The van der Waals surface area contributed by atoms with Gasteiger partial charge in [-0.05, 0) is 50.4 Å². The molecule has 106 valence electrons. The Morgan fingerprint density at radius 2 is 2.26 bits per heavy atom. The molecule has 1 atom stereocenters. The zero-order valence-electron chi connectivity index (χ0n) is 11.3. The van der Waals surface area contributed by atoms with Gasteiger partial charge in [0.2, 0.25) is 5.91 Å². The Bertz CT molecular complexity index is 380. The Balaban J connectivity index is 0.00000180. The number of carbonyl (C=O) groups excluding carboxylic acids is 1. The van der Waals surface area contributed by atoms with Crippen LogP contribution >= 0.6 is 12.4 Å². The lowest BCUT2D eigenvalue weighted by molar-refractivity contribution is -0.122. The van der Waals surface area contributed by atoms with Gasteiger partial charge in [0.15, 0.2) is 0 Å². The van der Waals surface area contributed by atoms with Crippen LogP contribution in [0.15, 0.2) is 24.5 Å². The molecule has 5 heteroatoms. The topological polar surface area (TPSA) is 54.0 Å². The van der Waals surface area contributed by atoms with E-state index in [4.69, 9.17) is 0 Å². The highest BCUT2D eigenvalue weighted by atomic mass is 35.5. The van der Waals surface area contributed by atoms with Gasteiger partial charge in [-0.15, -0.1) is 12.4 Å². The predicted octanol–water partition coefficient (Wildman–Crippen LogP) is 2.07. The van der Waals surface area contributed by atoms with Gasteiger partial charge in [-0.25, -0.2) is 0 Å². The number of rotatable bonds is 4. The van der Waals surface area contributed by atoms with Crippen molar-refractivity contribution in [3.63, 3.8) is 0 Å². The van der Waals surface area contributed by atoms with Gasteiger partial charge in [0.1, 0.15) is 0 Å². The number of carbonyl (C=O) groups is 1. The van der Waals surface area contributed by atoms with Crippen LogP contribution in [0.1, 0.15) is 37.8 Å². The lowest BCUT2D eigenvalue weighted by Crippen LogP contribution is -2.33. The zero-order valence-corrected chi connectivity index (χ0v) is 12.1. The fourth-order valence-corrected chi connectivity index (χ4v) is 2.36. The van der Waals surface area contributed by atoms with E-state index in [2.05, 4.69) is 15.6 Å². The van der Waals surface area contributed by atoms with Crippen molar-refractivity contribution < 1.29 is 4.79 Å². The third-order valence-corrected chi connectivity index (χ3v) is 3.49. The summed E-state index contributed by atoms with van der Waals surface area (Å²) in [5.41, 5.74) is 1.05. The molecule has 1 aromatic rings. The van der Waals surface area contributed by atoms with E-state index in [-0.39, 0.29) is 24.4 Å². The summed E-state index contributed by atoms with van der Waals surface area (Å²) >= 11 is 0. The second-order valence-corrected chi connectivity index (χ2v) is 4.97. The van der Waals surface area contributed by atoms with Crippen LogP contribution in [-0.4, -0.2) is 24.0 Å². The molecule has 1 saturated heterocycles. The smallest absolute Gasteiger partial charge is 0.220 e. The molecule has 2 N–H and O–H groups in total. The van der Waals surface area contributed by atoms with Gasteiger partial charge in [0.05, 0.1) is 6.04 Å². The van der Waals surface area contributed by atoms with Gasteiger partial charge in [0.25, 0.3) is 0 Å². The fourth-order valence-electron chi connectivity index (χ4n) is 2.36. The number of piperidine rings is 1. The Morgan fingerprint density at radius 3 is 2.89 bits per heavy atom. The number of nitrogens with one attached hydrogen (secondary N) is 2. The molecule has 19 heavy (non-hydrogen) atoms. The minimum Gasteiger partial charge on any atom is -0.350 e. The molecular formula is C14H22ClN3O. The molecule has 1 aromatic heterocycles. The number of aromatic nitrogens is 1. The first-order valence-corrected chi connectivity index (χ1v) is 6.65. The highest BCUT2D eigenvalue weighted by molar-refractivity contribution is 5.85. The minimum absolute atomic E-state index is 0. The summed E-state index contributed by atoms with van der Waals surface area (Å²) in [6.07, 6.45) is 6.40. The lowest BCUT2D eigenvalue weighted by atomic mass is 9.94. The van der Waals surface area contributed by atoms with Gasteiger partial charge >= 0.3 is 0 Å². The van der Waals surface area contributed by atoms with Gasteiger partial charge < -0.3 is 10.6 Å². The van der Waals surface area contributed by atoms with E-state index >= 15 is 0 Å². The molecule has 1 aliphatic heterocycles. The van der Waals surface area contributed by atoms with Crippen LogP contribution in [0, 0.1) is 5.92 Å². The van der Waals surface area contributed by atoms with Crippen LogP contribution in [-0.2, 0) is 4.79 Å². The van der Waals surface area contributed by atoms with Crippen molar-refractivity contribution in [2.24, 2.45) is 5.92 Å². The normalized spacial score (nSPS) is 17.3. The minimum atomic E-state index is 0. The highest BCUT2D eigenvalue weighted by Crippen LogP contribution is 2.17. The molecule has 0 radical (unpaired) electrons. The maximum atomic E-state index is 11.9. The number of amides is 1. The highest BCUT2D eigenvalue weighted by Gasteiger charge is 2.18. The maximum Gasteiger partial charge on any atom is 0.220 e. The largest absolute Gasteiger partial charge is 0.350 e. The Hall–Kier alpha value is -1.13. The summed E-state index contributed by atoms with van der Waals surface area (Å²) < 4.78 is 0. The standard InChI is InChI=1S/C14H21N3O.ClH/c1-11(13-3-2-6-16-10-13)17-14(18)9-12-4-7-15-8-5-12;/h2-3,6,10-12,15H,4-5,7-9H2,1H3,(H,17,18);1H. The molecule has 1 aliphatic rings. The van der Waals surface area contributed by atoms with Crippen LogP contribution in [0.3, 0.4) is 0 Å². The zero-order chi connectivity index (χ0) is 12.8. The molecule has 1 amide bonds. The van der Waals surface area contributed by atoms with Crippen LogP contribution in [0.5, 0.6) is 0 Å². The molecule has 1 fully saturated rings. The first-order chi connectivity index (χ1) is 8.75. The first kappa shape index (κ1) is 15.9. The number of nitrogens with zero attached hydrogens (tertiary/aromatic N) is 1. The number of hydrogen-bond donors (Lipinski definition) is 2. The lowest BCUT2D eigenvalue weighted by Gasteiger charge is -2.23. The molecule has 0 spiro atoms. The van der Waals surface area contributed by atoms with Crippen LogP contribution in [0.4, 0.5) is 0 Å². The van der Waals surface area contributed by atoms with Crippen molar-refractivity contribution in [3.8, 4) is 0 Å². The third-order valence-electron chi connectivity index (χ3n) is 3.49. The molecule has 0 aromatic carbocycles. The molecule has 0 saturated carbocycles. The monoisotopic (exact) mass is 283 g/mol. The summed E-state index contributed by atoms with van der Waals surface area (Å²) in [4.78, 5) is 16.0. The average Bonchev–Trinajstić information content (AvgIpc) is 2.40. The van der Waals surface area contributed by atoms with Gasteiger partial charge in [-0.3, -0.25) is 9.78 Å². The van der Waals surface area contributed by atoms with Gasteiger partial charge in [-0.2, -0.15) is 0 Å². The van der Waals surface area contributed by atoms with Crippen molar-refractivity contribution in [1.82, 2.24) is 15.6 Å². The van der Waals surface area contributed by atoms with E-state index in [9.17, 15) is 4.79 Å². The second kappa shape index (κ2) is 8.12. The number of halogens is 1. The molecular weight excluding hydrogens is 262 g/mol. The van der Waals surface area contributed by atoms with E-state index in [1.807, 2.05) is 19.1 Å². The molecule has 4 nitrogen and oxygen atoms in total. The van der Waals surface area contributed by atoms with E-state index in [1.165, 1.54) is 0 Å². The van der Waals surface area contributed by atoms with Crippen molar-refractivity contribution in [3.05, 3.63) is 30.1 Å². The second-order valence-electron chi connectivity index (χ2n) is 4.97. The molecule has 0 bridgehead atoms. The van der Waals surface area contributed by atoms with Crippen LogP contribution < -0.4 is 10.6 Å². The SMILES string of the molecule is CC(NC(=O)CC1CCNCC1)c1cccnc1.Cl. The van der Waals surface area contributed by atoms with Gasteiger partial charge in [-0.1, -0.05) is 6.07 Å². The van der Waals surface area contributed by atoms with E-state index in [0.29, 0.717) is 12.3 Å². The van der Waals surface area contributed by atoms with Crippen molar-refractivity contribution in [2.45, 2.75) is 32.2 Å². The Labute approximate surface area is 120 Å². The molecule has 2 heterocycles. The number of hydrogen-bond acceptors (Lipinski definition) is 3. The van der Waals surface area contributed by atoms with Crippen molar-refractivity contribution in [1.29, 1.82) is 0 Å². The average molecular weight is 284 g/mol. The van der Waals surface area contributed by atoms with Crippen molar-refractivity contribution in [2.75, 3.05) is 13.1 Å². The Kier molecular flexibility index (Phi) is 6.81. The first-order valence-electron chi connectivity index (χ1n) is 6.65. The van der Waals surface area contributed by atoms with Crippen molar-refractivity contribution >= 4 is 18.3 Å². The summed E-state index contributed by atoms with van der Waals surface area (Å²) in [5, 5.41) is 6.36. The third kappa shape index (κ3) is 5.17. The van der Waals surface area contributed by atoms with E-state index in [0.717, 1.165) is 31.5 Å². The van der Waals surface area contributed by atoms with Gasteiger partial charge in [0, 0.05) is 18.8 Å². The van der Waals surface area contributed by atoms with Crippen LogP contribution in [0.2, 0.25) is 0 Å².